The molecule has 0 heterocycles. The van der Waals surface area contributed by atoms with Crippen molar-refractivity contribution >= 4 is 23.3 Å². The van der Waals surface area contributed by atoms with Gasteiger partial charge < -0.3 is 20.1 Å². The highest BCUT2D eigenvalue weighted by Gasteiger charge is 2.05. The van der Waals surface area contributed by atoms with Crippen molar-refractivity contribution in [1.29, 1.82) is 0 Å². The summed E-state index contributed by atoms with van der Waals surface area (Å²) in [7, 11) is 3.17. The van der Waals surface area contributed by atoms with Crippen molar-refractivity contribution < 1.29 is 14.3 Å². The number of hydrogen-bond acceptors (Lipinski definition) is 3. The molecule has 0 fully saturated rings. The molecule has 2 amide bonds. The first-order chi connectivity index (χ1) is 11.1. The van der Waals surface area contributed by atoms with E-state index in [1.165, 1.54) is 0 Å². The summed E-state index contributed by atoms with van der Waals surface area (Å²) in [6.07, 6.45) is 0.737. The Balaban J connectivity index is 1.79. The van der Waals surface area contributed by atoms with Gasteiger partial charge >= 0.3 is 6.03 Å². The van der Waals surface area contributed by atoms with Crippen molar-refractivity contribution in [3.63, 3.8) is 0 Å². The average Bonchev–Trinajstić information content (AvgIpc) is 2.55. The number of urea groups is 1. The molecule has 0 aliphatic heterocycles. The maximum absolute atomic E-state index is 11.9. The van der Waals surface area contributed by atoms with Crippen LogP contribution >= 0.6 is 11.6 Å². The number of nitrogens with one attached hydrogen (secondary N) is 2. The molecule has 0 saturated heterocycles. The number of anilines is 1. The molecule has 0 aliphatic rings. The summed E-state index contributed by atoms with van der Waals surface area (Å²) in [6.45, 7) is 0.530. The van der Waals surface area contributed by atoms with Gasteiger partial charge in [-0.15, -0.1) is 0 Å². The molecule has 0 spiro atoms. The maximum atomic E-state index is 11.9. The van der Waals surface area contributed by atoms with Crippen LogP contribution in [0.2, 0.25) is 5.02 Å². The van der Waals surface area contributed by atoms with Gasteiger partial charge in [0.25, 0.3) is 0 Å². The smallest absolute Gasteiger partial charge is 0.319 e. The molecule has 0 aliphatic carbocycles. The van der Waals surface area contributed by atoms with Gasteiger partial charge in [0.15, 0.2) is 0 Å². The fourth-order valence-corrected chi connectivity index (χ4v) is 2.29. The predicted molar refractivity (Wildman–Crippen MR) is 91.7 cm³/mol. The highest BCUT2D eigenvalue weighted by molar-refractivity contribution is 6.32. The summed E-state index contributed by atoms with van der Waals surface area (Å²) in [5.74, 6) is 1.38. The molecule has 2 rings (SSSR count). The highest BCUT2D eigenvalue weighted by atomic mass is 35.5. The number of hydrogen-bond donors (Lipinski definition) is 2. The third kappa shape index (κ3) is 5.07. The molecule has 0 aromatic heterocycles. The summed E-state index contributed by atoms with van der Waals surface area (Å²) in [5.41, 5.74) is 1.73. The van der Waals surface area contributed by atoms with Crippen molar-refractivity contribution in [1.82, 2.24) is 5.32 Å². The quantitative estimate of drug-likeness (QED) is 0.846. The molecule has 23 heavy (non-hydrogen) atoms. The van der Waals surface area contributed by atoms with Gasteiger partial charge in [-0.05, 0) is 42.3 Å². The fraction of sp³-hybridized carbons (Fsp3) is 0.235. The van der Waals surface area contributed by atoms with E-state index >= 15 is 0 Å². The van der Waals surface area contributed by atoms with Gasteiger partial charge in [-0.3, -0.25) is 0 Å². The Morgan fingerprint density at radius 1 is 1.09 bits per heavy atom. The molecule has 5 nitrogen and oxygen atoms in total. The number of methoxy groups -OCH3 is 2. The molecule has 0 unspecified atom stereocenters. The standard InChI is InChI=1S/C17H19ClN2O3/c1-22-14-6-3-12(4-7-14)9-10-19-17(21)20-13-5-8-16(23-2)15(18)11-13/h3-8,11H,9-10H2,1-2H3,(H2,19,20,21). The number of carbonyl (C=O) groups excluding carboxylic acids is 1. The van der Waals surface area contributed by atoms with Crippen molar-refractivity contribution in [2.24, 2.45) is 0 Å². The summed E-state index contributed by atoms with van der Waals surface area (Å²) in [6, 6.07) is 12.5. The second kappa shape index (κ2) is 8.29. The number of amides is 2. The molecule has 6 heteroatoms. The lowest BCUT2D eigenvalue weighted by molar-refractivity contribution is 0.252. The zero-order valence-corrected chi connectivity index (χ0v) is 13.8. The van der Waals surface area contributed by atoms with Gasteiger partial charge in [-0.1, -0.05) is 23.7 Å². The lowest BCUT2D eigenvalue weighted by Crippen LogP contribution is -2.30. The molecular weight excluding hydrogens is 316 g/mol. The minimum absolute atomic E-state index is 0.278. The van der Waals surface area contributed by atoms with Crippen LogP contribution in [0.3, 0.4) is 0 Å². The number of ether oxygens (including phenoxy) is 2. The summed E-state index contributed by atoms with van der Waals surface area (Å²) >= 11 is 6.02. The van der Waals surface area contributed by atoms with E-state index in [4.69, 9.17) is 21.1 Å². The van der Waals surface area contributed by atoms with Crippen LogP contribution in [-0.4, -0.2) is 26.8 Å². The number of rotatable bonds is 6. The summed E-state index contributed by atoms with van der Waals surface area (Å²) in [4.78, 5) is 11.9. The van der Waals surface area contributed by atoms with E-state index in [2.05, 4.69) is 10.6 Å². The van der Waals surface area contributed by atoms with E-state index in [0.717, 1.165) is 17.7 Å². The number of carbonyl (C=O) groups is 1. The van der Waals surface area contributed by atoms with E-state index in [0.29, 0.717) is 23.0 Å². The van der Waals surface area contributed by atoms with Crippen LogP contribution in [0.5, 0.6) is 11.5 Å². The Hall–Kier alpha value is -2.40. The van der Waals surface area contributed by atoms with E-state index in [1.807, 2.05) is 24.3 Å². The lowest BCUT2D eigenvalue weighted by atomic mass is 10.1. The zero-order valence-electron chi connectivity index (χ0n) is 13.1. The molecule has 0 radical (unpaired) electrons. The second-order valence-electron chi connectivity index (χ2n) is 4.83. The van der Waals surface area contributed by atoms with Crippen molar-refractivity contribution in [2.75, 3.05) is 26.1 Å². The minimum Gasteiger partial charge on any atom is -0.497 e. The highest BCUT2D eigenvalue weighted by Crippen LogP contribution is 2.27. The van der Waals surface area contributed by atoms with Gasteiger partial charge in [-0.2, -0.15) is 0 Å². The van der Waals surface area contributed by atoms with Gasteiger partial charge in [0.2, 0.25) is 0 Å². The largest absolute Gasteiger partial charge is 0.497 e. The van der Waals surface area contributed by atoms with Crippen LogP contribution in [0.4, 0.5) is 10.5 Å². The summed E-state index contributed by atoms with van der Waals surface area (Å²) in [5, 5.41) is 5.98. The Morgan fingerprint density at radius 2 is 1.83 bits per heavy atom. The third-order valence-electron chi connectivity index (χ3n) is 3.27. The van der Waals surface area contributed by atoms with Crippen molar-refractivity contribution in [3.05, 3.63) is 53.1 Å². The Bertz CT molecular complexity index is 659. The monoisotopic (exact) mass is 334 g/mol. The van der Waals surface area contributed by atoms with Gasteiger partial charge in [-0.25, -0.2) is 4.79 Å². The Morgan fingerprint density at radius 3 is 2.43 bits per heavy atom. The number of halogens is 1. The van der Waals surface area contributed by atoms with Crippen molar-refractivity contribution in [2.45, 2.75) is 6.42 Å². The van der Waals surface area contributed by atoms with Gasteiger partial charge in [0, 0.05) is 12.2 Å². The number of benzene rings is 2. The van der Waals surface area contributed by atoms with Crippen LogP contribution in [0.15, 0.2) is 42.5 Å². The second-order valence-corrected chi connectivity index (χ2v) is 5.24. The average molecular weight is 335 g/mol. The molecule has 122 valence electrons. The summed E-state index contributed by atoms with van der Waals surface area (Å²) < 4.78 is 10.2. The van der Waals surface area contributed by atoms with Crippen LogP contribution in [0.25, 0.3) is 0 Å². The Labute approximate surface area is 140 Å². The Kier molecular flexibility index (Phi) is 6.11. The van der Waals surface area contributed by atoms with E-state index in [-0.39, 0.29) is 6.03 Å². The third-order valence-corrected chi connectivity index (χ3v) is 3.56. The maximum Gasteiger partial charge on any atom is 0.319 e. The molecule has 2 N–H and O–H groups in total. The van der Waals surface area contributed by atoms with Crippen LogP contribution in [-0.2, 0) is 6.42 Å². The van der Waals surface area contributed by atoms with E-state index in [9.17, 15) is 4.79 Å². The molecular formula is C17H19ClN2O3. The predicted octanol–water partition coefficient (Wildman–Crippen LogP) is 3.72. The lowest BCUT2D eigenvalue weighted by Gasteiger charge is -2.09. The van der Waals surface area contributed by atoms with Gasteiger partial charge in [0.1, 0.15) is 11.5 Å². The molecule has 0 atom stereocenters. The van der Waals surface area contributed by atoms with E-state index in [1.54, 1.807) is 32.4 Å². The van der Waals surface area contributed by atoms with Gasteiger partial charge in [0.05, 0.1) is 19.2 Å². The van der Waals surface area contributed by atoms with Crippen molar-refractivity contribution in [3.8, 4) is 11.5 Å². The molecule has 2 aromatic carbocycles. The topological polar surface area (TPSA) is 59.6 Å². The SMILES string of the molecule is COc1ccc(CCNC(=O)Nc2ccc(OC)c(Cl)c2)cc1. The first-order valence-corrected chi connectivity index (χ1v) is 7.51. The molecule has 2 aromatic rings. The van der Waals surface area contributed by atoms with Crippen LogP contribution in [0, 0.1) is 0 Å². The minimum atomic E-state index is -0.278. The zero-order chi connectivity index (χ0) is 16.7. The first-order valence-electron chi connectivity index (χ1n) is 7.13. The fourth-order valence-electron chi connectivity index (χ4n) is 2.03. The van der Waals surface area contributed by atoms with Crippen LogP contribution in [0.1, 0.15) is 5.56 Å². The van der Waals surface area contributed by atoms with Crippen LogP contribution < -0.4 is 20.1 Å². The first kappa shape index (κ1) is 17.0. The molecule has 0 saturated carbocycles. The molecule has 0 bridgehead atoms. The van der Waals surface area contributed by atoms with E-state index < -0.39 is 0 Å². The normalized spacial score (nSPS) is 10.0.